The zero-order valence-corrected chi connectivity index (χ0v) is 15.0. The molecule has 1 amide bonds. The lowest BCUT2D eigenvalue weighted by Crippen LogP contribution is -2.49. The summed E-state index contributed by atoms with van der Waals surface area (Å²) < 4.78 is 7.58. The van der Waals surface area contributed by atoms with Crippen molar-refractivity contribution in [3.05, 3.63) is 42.2 Å². The van der Waals surface area contributed by atoms with Gasteiger partial charge in [0, 0.05) is 45.6 Å². The number of imidazole rings is 1. The predicted molar refractivity (Wildman–Crippen MR) is 95.3 cm³/mol. The van der Waals surface area contributed by atoms with Crippen LogP contribution in [0, 0.1) is 11.3 Å². The van der Waals surface area contributed by atoms with Crippen LogP contribution in [-0.2, 0) is 16.6 Å². The fourth-order valence-corrected chi connectivity index (χ4v) is 2.98. The number of nitriles is 1. The highest BCUT2D eigenvalue weighted by atomic mass is 16.5. The van der Waals surface area contributed by atoms with Gasteiger partial charge in [0.05, 0.1) is 11.9 Å². The minimum atomic E-state index is -0.232. The fraction of sp³-hybridized carbons (Fsp3) is 0.444. The number of hydrogen-bond acceptors (Lipinski definition) is 6. The number of aryl methyl sites for hydroxylation is 1. The Morgan fingerprint density at radius 3 is 2.65 bits per heavy atom. The number of nitrogens with zero attached hydrogens (tertiary/aromatic N) is 6. The first-order valence-electron chi connectivity index (χ1n) is 8.56. The van der Waals surface area contributed by atoms with Crippen molar-refractivity contribution in [1.82, 2.24) is 19.4 Å². The Hall–Kier alpha value is -2.92. The third-order valence-corrected chi connectivity index (χ3v) is 4.54. The van der Waals surface area contributed by atoms with Gasteiger partial charge in [-0.25, -0.2) is 9.97 Å². The standard InChI is InChI=1S/C18H22N6O2/c1-14(18-20-5-6-22(18)2)26-13-17(25)24-9-7-23(8-10-24)16-4-3-15(11-19)21-12-16/h3-6,12,14H,7-10,13H2,1-2H3. The number of pyridine rings is 1. The number of piperazine rings is 1. The molecule has 0 saturated carbocycles. The maximum atomic E-state index is 12.4. The highest BCUT2D eigenvalue weighted by Crippen LogP contribution is 2.17. The number of ether oxygens (including phenoxy) is 1. The highest BCUT2D eigenvalue weighted by Gasteiger charge is 2.22. The van der Waals surface area contributed by atoms with Gasteiger partial charge < -0.3 is 19.1 Å². The van der Waals surface area contributed by atoms with Crippen molar-refractivity contribution >= 4 is 11.6 Å². The largest absolute Gasteiger partial charge is 0.367 e. The van der Waals surface area contributed by atoms with Crippen molar-refractivity contribution in [2.45, 2.75) is 13.0 Å². The van der Waals surface area contributed by atoms with Crippen LogP contribution in [0.15, 0.2) is 30.7 Å². The fourth-order valence-electron chi connectivity index (χ4n) is 2.98. The third kappa shape index (κ3) is 4.00. The van der Waals surface area contributed by atoms with Crippen LogP contribution in [-0.4, -0.2) is 58.1 Å². The minimum absolute atomic E-state index is 0.0105. The number of carbonyl (C=O) groups is 1. The van der Waals surface area contributed by atoms with Crippen molar-refractivity contribution in [3.8, 4) is 6.07 Å². The summed E-state index contributed by atoms with van der Waals surface area (Å²) in [4.78, 5) is 24.7. The number of carbonyl (C=O) groups excluding carboxylic acids is 1. The summed E-state index contributed by atoms with van der Waals surface area (Å²) in [5, 5.41) is 8.81. The molecule has 0 bridgehead atoms. The average molecular weight is 354 g/mol. The zero-order valence-electron chi connectivity index (χ0n) is 15.0. The van der Waals surface area contributed by atoms with E-state index in [9.17, 15) is 4.79 Å². The van der Waals surface area contributed by atoms with Crippen molar-refractivity contribution in [1.29, 1.82) is 5.26 Å². The van der Waals surface area contributed by atoms with E-state index in [1.54, 1.807) is 18.5 Å². The van der Waals surface area contributed by atoms with Crippen LogP contribution in [0.1, 0.15) is 24.5 Å². The summed E-state index contributed by atoms with van der Waals surface area (Å²) in [6.07, 6.45) is 5.04. The molecule has 2 aromatic heterocycles. The van der Waals surface area contributed by atoms with Gasteiger partial charge in [-0.1, -0.05) is 0 Å². The van der Waals surface area contributed by atoms with Crippen LogP contribution in [0.25, 0.3) is 0 Å². The number of anilines is 1. The van der Waals surface area contributed by atoms with Crippen molar-refractivity contribution < 1.29 is 9.53 Å². The lowest BCUT2D eigenvalue weighted by atomic mass is 10.2. The van der Waals surface area contributed by atoms with Gasteiger partial charge in [-0.15, -0.1) is 0 Å². The third-order valence-electron chi connectivity index (χ3n) is 4.54. The molecule has 1 fully saturated rings. The van der Waals surface area contributed by atoms with Crippen LogP contribution in [0.4, 0.5) is 5.69 Å². The first-order valence-corrected chi connectivity index (χ1v) is 8.56. The van der Waals surface area contributed by atoms with E-state index in [0.717, 1.165) is 24.6 Å². The molecule has 0 spiro atoms. The normalized spacial score (nSPS) is 15.6. The molecule has 0 aromatic carbocycles. The number of hydrogen-bond donors (Lipinski definition) is 0. The predicted octanol–water partition coefficient (Wildman–Crippen LogP) is 1.11. The Bertz CT molecular complexity index is 787. The van der Waals surface area contributed by atoms with Crippen molar-refractivity contribution in [3.63, 3.8) is 0 Å². The smallest absolute Gasteiger partial charge is 0.248 e. The van der Waals surface area contributed by atoms with E-state index in [0.29, 0.717) is 18.8 Å². The van der Waals surface area contributed by atoms with E-state index < -0.39 is 0 Å². The summed E-state index contributed by atoms with van der Waals surface area (Å²) in [6.45, 7) is 4.68. The first kappa shape index (κ1) is 17.9. The molecule has 3 heterocycles. The molecule has 0 N–H and O–H groups in total. The van der Waals surface area contributed by atoms with Crippen LogP contribution < -0.4 is 4.90 Å². The molecule has 1 aliphatic heterocycles. The number of aromatic nitrogens is 3. The van der Waals surface area contributed by atoms with Crippen LogP contribution in [0.3, 0.4) is 0 Å². The molecule has 1 atom stereocenters. The van der Waals surface area contributed by atoms with Gasteiger partial charge in [-0.2, -0.15) is 5.26 Å². The molecule has 1 unspecified atom stereocenters. The maximum absolute atomic E-state index is 12.4. The first-order chi connectivity index (χ1) is 12.6. The molecule has 8 nitrogen and oxygen atoms in total. The van der Waals surface area contributed by atoms with Gasteiger partial charge >= 0.3 is 0 Å². The zero-order chi connectivity index (χ0) is 18.5. The van der Waals surface area contributed by atoms with E-state index in [1.807, 2.05) is 41.8 Å². The van der Waals surface area contributed by atoms with Crippen LogP contribution in [0.2, 0.25) is 0 Å². The molecule has 26 heavy (non-hydrogen) atoms. The molecule has 1 saturated heterocycles. The monoisotopic (exact) mass is 354 g/mol. The summed E-state index contributed by atoms with van der Waals surface area (Å²) in [6, 6.07) is 5.61. The Morgan fingerprint density at radius 1 is 1.31 bits per heavy atom. The molecule has 1 aliphatic rings. The summed E-state index contributed by atoms with van der Waals surface area (Å²) in [5.74, 6) is 0.791. The molecule has 8 heteroatoms. The van der Waals surface area contributed by atoms with Crippen molar-refractivity contribution in [2.75, 3.05) is 37.7 Å². The molecular formula is C18H22N6O2. The molecule has 2 aromatic rings. The van der Waals surface area contributed by atoms with E-state index in [2.05, 4.69) is 14.9 Å². The second kappa shape index (κ2) is 7.97. The SMILES string of the molecule is CC(OCC(=O)N1CCN(c2ccc(C#N)nc2)CC1)c1nccn1C. The Labute approximate surface area is 152 Å². The second-order valence-electron chi connectivity index (χ2n) is 6.23. The van der Waals surface area contributed by atoms with Gasteiger partial charge in [0.15, 0.2) is 0 Å². The second-order valence-corrected chi connectivity index (χ2v) is 6.23. The quantitative estimate of drug-likeness (QED) is 0.799. The Balaban J connectivity index is 1.47. The minimum Gasteiger partial charge on any atom is -0.367 e. The number of rotatable bonds is 5. The maximum Gasteiger partial charge on any atom is 0.248 e. The number of amides is 1. The van der Waals surface area contributed by atoms with E-state index >= 15 is 0 Å². The van der Waals surface area contributed by atoms with E-state index in [1.165, 1.54) is 0 Å². The molecule has 0 aliphatic carbocycles. The molecule has 0 radical (unpaired) electrons. The summed E-state index contributed by atoms with van der Waals surface area (Å²) in [5.41, 5.74) is 1.37. The van der Waals surface area contributed by atoms with Gasteiger partial charge in [0.25, 0.3) is 0 Å². The molecule has 136 valence electrons. The van der Waals surface area contributed by atoms with Crippen molar-refractivity contribution in [2.24, 2.45) is 7.05 Å². The summed E-state index contributed by atoms with van der Waals surface area (Å²) in [7, 11) is 1.90. The highest BCUT2D eigenvalue weighted by molar-refractivity contribution is 5.77. The lowest BCUT2D eigenvalue weighted by molar-refractivity contribution is -0.138. The molecular weight excluding hydrogens is 332 g/mol. The van der Waals surface area contributed by atoms with Gasteiger partial charge in [0.2, 0.25) is 5.91 Å². The van der Waals surface area contributed by atoms with Gasteiger partial charge in [0.1, 0.15) is 30.3 Å². The Kier molecular flexibility index (Phi) is 5.49. The van der Waals surface area contributed by atoms with Crippen LogP contribution >= 0.6 is 0 Å². The average Bonchev–Trinajstić information content (AvgIpc) is 3.12. The van der Waals surface area contributed by atoms with E-state index in [4.69, 9.17) is 10.00 Å². The van der Waals surface area contributed by atoms with Gasteiger partial charge in [-0.05, 0) is 19.1 Å². The van der Waals surface area contributed by atoms with Gasteiger partial charge in [-0.3, -0.25) is 4.79 Å². The lowest BCUT2D eigenvalue weighted by Gasteiger charge is -2.36. The topological polar surface area (TPSA) is 87.3 Å². The molecule has 3 rings (SSSR count). The van der Waals surface area contributed by atoms with Crippen LogP contribution in [0.5, 0.6) is 0 Å². The Morgan fingerprint density at radius 2 is 2.08 bits per heavy atom. The summed E-state index contributed by atoms with van der Waals surface area (Å²) >= 11 is 0. The van der Waals surface area contributed by atoms with E-state index in [-0.39, 0.29) is 18.6 Å².